The van der Waals surface area contributed by atoms with Crippen LogP contribution in [0.15, 0.2) is 60.5 Å². The van der Waals surface area contributed by atoms with Crippen LogP contribution in [0.3, 0.4) is 0 Å². The van der Waals surface area contributed by atoms with E-state index in [0.29, 0.717) is 17.0 Å². The normalized spacial score (nSPS) is 17.8. The first-order valence-corrected chi connectivity index (χ1v) is 6.64. The van der Waals surface area contributed by atoms with Gasteiger partial charge in [-0.05, 0) is 17.7 Å². The fourth-order valence-electron chi connectivity index (χ4n) is 2.42. The molecule has 0 bridgehead atoms. The average molecular weight is 283 g/mol. The minimum absolute atomic E-state index is 0.170. The molecule has 1 N–H and O–H groups in total. The van der Waals surface area contributed by atoms with Crippen LogP contribution in [0.1, 0.15) is 17.2 Å². The first kappa shape index (κ1) is 13.4. The van der Waals surface area contributed by atoms with Gasteiger partial charge in [-0.2, -0.15) is 0 Å². The molecule has 0 saturated carbocycles. The summed E-state index contributed by atoms with van der Waals surface area (Å²) in [4.78, 5) is 12.6. The Morgan fingerprint density at radius 3 is 2.52 bits per heavy atom. The van der Waals surface area contributed by atoms with Crippen LogP contribution in [0.5, 0.6) is 0 Å². The van der Waals surface area contributed by atoms with E-state index >= 15 is 0 Å². The van der Waals surface area contributed by atoms with Crippen LogP contribution in [0.25, 0.3) is 5.57 Å². The first-order chi connectivity index (χ1) is 10.2. The second-order valence-electron chi connectivity index (χ2n) is 4.74. The Kier molecular flexibility index (Phi) is 3.44. The molecule has 0 amide bonds. The van der Waals surface area contributed by atoms with E-state index < -0.39 is 6.10 Å². The van der Waals surface area contributed by atoms with Gasteiger partial charge in [0.15, 0.2) is 12.0 Å². The van der Waals surface area contributed by atoms with Crippen LogP contribution < -0.4 is 5.32 Å². The van der Waals surface area contributed by atoms with Crippen molar-refractivity contribution in [2.45, 2.75) is 6.10 Å². The van der Waals surface area contributed by atoms with E-state index in [9.17, 15) is 9.18 Å². The van der Waals surface area contributed by atoms with E-state index in [1.54, 1.807) is 19.2 Å². The van der Waals surface area contributed by atoms with E-state index in [1.165, 1.54) is 12.1 Å². The summed E-state index contributed by atoms with van der Waals surface area (Å²) in [5, 5.41) is 2.88. The number of ether oxygens (including phenoxy) is 1. The summed E-state index contributed by atoms with van der Waals surface area (Å²) in [6.45, 7) is 0. The molecule has 2 aromatic carbocycles. The highest BCUT2D eigenvalue weighted by molar-refractivity contribution is 6.25. The molecule has 3 rings (SSSR count). The zero-order chi connectivity index (χ0) is 14.8. The molecule has 1 heterocycles. The molecule has 21 heavy (non-hydrogen) atoms. The summed E-state index contributed by atoms with van der Waals surface area (Å²) >= 11 is 0. The van der Waals surface area contributed by atoms with Gasteiger partial charge in [0.1, 0.15) is 5.82 Å². The maximum atomic E-state index is 13.4. The van der Waals surface area contributed by atoms with Crippen molar-refractivity contribution >= 4 is 11.4 Å². The predicted molar refractivity (Wildman–Crippen MR) is 77.7 cm³/mol. The zero-order valence-corrected chi connectivity index (χ0v) is 11.5. The Hall–Kier alpha value is -2.62. The van der Waals surface area contributed by atoms with Crippen molar-refractivity contribution in [1.82, 2.24) is 5.32 Å². The van der Waals surface area contributed by atoms with Gasteiger partial charge in [-0.25, -0.2) is 4.39 Å². The Balaban J connectivity index is 2.01. The number of benzene rings is 2. The van der Waals surface area contributed by atoms with Gasteiger partial charge >= 0.3 is 0 Å². The second-order valence-corrected chi connectivity index (χ2v) is 4.74. The molecular weight excluding hydrogens is 269 g/mol. The number of ketones is 1. The van der Waals surface area contributed by atoms with Crippen molar-refractivity contribution in [3.8, 4) is 0 Å². The van der Waals surface area contributed by atoms with Gasteiger partial charge in [0, 0.05) is 12.6 Å². The van der Waals surface area contributed by atoms with Crippen LogP contribution in [0.2, 0.25) is 0 Å². The summed E-state index contributed by atoms with van der Waals surface area (Å²) in [7, 11) is 1.68. The zero-order valence-electron chi connectivity index (χ0n) is 11.5. The van der Waals surface area contributed by atoms with E-state index in [2.05, 4.69) is 5.32 Å². The number of hydrogen-bond donors (Lipinski definition) is 1. The average Bonchev–Trinajstić information content (AvgIpc) is 2.85. The van der Waals surface area contributed by atoms with Gasteiger partial charge in [0.05, 0.1) is 5.57 Å². The van der Waals surface area contributed by atoms with Gasteiger partial charge in [0.25, 0.3) is 0 Å². The molecule has 0 radical (unpaired) electrons. The molecule has 1 unspecified atom stereocenters. The second kappa shape index (κ2) is 5.40. The van der Waals surface area contributed by atoms with Crippen LogP contribution in [-0.2, 0) is 9.53 Å². The van der Waals surface area contributed by atoms with Crippen molar-refractivity contribution in [1.29, 1.82) is 0 Å². The van der Waals surface area contributed by atoms with Crippen LogP contribution in [0.4, 0.5) is 4.39 Å². The van der Waals surface area contributed by atoms with Gasteiger partial charge < -0.3 is 10.1 Å². The number of Topliss-reactive ketones (excluding diaryl/α,β-unsaturated/α-hetero) is 1. The first-order valence-electron chi connectivity index (χ1n) is 6.64. The van der Waals surface area contributed by atoms with Crippen molar-refractivity contribution in [3.63, 3.8) is 0 Å². The van der Waals surface area contributed by atoms with Crippen molar-refractivity contribution in [3.05, 3.63) is 77.4 Å². The SMILES string of the molecule is CNC1=C(c2cccc(F)c2)C(=O)C(c2ccccc2)O1. The standard InChI is InChI=1S/C17H14FNO2/c1-19-17-14(12-8-5-9-13(18)10-12)15(20)16(21-17)11-6-3-2-4-7-11/h2-10,16,19H,1H3. The number of nitrogens with one attached hydrogen (secondary N) is 1. The monoisotopic (exact) mass is 283 g/mol. The molecule has 0 spiro atoms. The van der Waals surface area contributed by atoms with E-state index in [4.69, 9.17) is 4.74 Å². The lowest BCUT2D eigenvalue weighted by Crippen LogP contribution is -2.10. The minimum atomic E-state index is -0.688. The molecule has 0 fully saturated rings. The number of rotatable bonds is 3. The smallest absolute Gasteiger partial charge is 0.213 e. The Labute approximate surface area is 122 Å². The molecule has 0 aromatic heterocycles. The molecule has 1 atom stereocenters. The fraction of sp³-hybridized carbons (Fsp3) is 0.118. The molecule has 2 aromatic rings. The topological polar surface area (TPSA) is 38.3 Å². The van der Waals surface area contributed by atoms with E-state index in [0.717, 1.165) is 5.56 Å². The van der Waals surface area contributed by atoms with Crippen molar-refractivity contribution in [2.75, 3.05) is 7.05 Å². The largest absolute Gasteiger partial charge is 0.462 e. The quantitative estimate of drug-likeness (QED) is 0.941. The molecule has 0 saturated heterocycles. The molecule has 3 nitrogen and oxygen atoms in total. The van der Waals surface area contributed by atoms with Gasteiger partial charge in [-0.1, -0.05) is 42.5 Å². The summed E-state index contributed by atoms with van der Waals surface area (Å²) in [5.41, 5.74) is 1.68. The Morgan fingerprint density at radius 1 is 1.10 bits per heavy atom. The Morgan fingerprint density at radius 2 is 1.86 bits per heavy atom. The van der Waals surface area contributed by atoms with Gasteiger partial charge in [-0.15, -0.1) is 0 Å². The molecular formula is C17H14FNO2. The number of halogens is 1. The van der Waals surface area contributed by atoms with Gasteiger partial charge in [0.2, 0.25) is 5.78 Å². The molecule has 1 aliphatic rings. The van der Waals surface area contributed by atoms with Crippen molar-refractivity contribution in [2.24, 2.45) is 0 Å². The molecule has 106 valence electrons. The number of carbonyl (C=O) groups excluding carboxylic acids is 1. The van der Waals surface area contributed by atoms with E-state index in [-0.39, 0.29) is 11.6 Å². The molecule has 1 aliphatic heterocycles. The van der Waals surface area contributed by atoms with Crippen molar-refractivity contribution < 1.29 is 13.9 Å². The summed E-state index contributed by atoms with van der Waals surface area (Å²) < 4.78 is 19.1. The van der Waals surface area contributed by atoms with Gasteiger partial charge in [-0.3, -0.25) is 4.79 Å². The third kappa shape index (κ3) is 2.40. The maximum Gasteiger partial charge on any atom is 0.213 e. The summed E-state index contributed by atoms with van der Waals surface area (Å²) in [6, 6.07) is 15.2. The molecule has 0 aliphatic carbocycles. The third-order valence-electron chi connectivity index (χ3n) is 3.39. The predicted octanol–water partition coefficient (Wildman–Crippen LogP) is 3.05. The lowest BCUT2D eigenvalue weighted by atomic mass is 9.97. The number of carbonyl (C=O) groups is 1. The van der Waals surface area contributed by atoms with Crippen LogP contribution >= 0.6 is 0 Å². The highest BCUT2D eigenvalue weighted by Crippen LogP contribution is 2.36. The lowest BCUT2D eigenvalue weighted by molar-refractivity contribution is -0.120. The highest BCUT2D eigenvalue weighted by Gasteiger charge is 2.36. The number of hydrogen-bond acceptors (Lipinski definition) is 3. The van der Waals surface area contributed by atoms with Crippen LogP contribution in [0, 0.1) is 5.82 Å². The summed E-state index contributed by atoms with van der Waals surface area (Å²) in [5.74, 6) is -0.179. The lowest BCUT2D eigenvalue weighted by Gasteiger charge is -2.11. The summed E-state index contributed by atoms with van der Waals surface area (Å²) in [6.07, 6.45) is -0.688. The van der Waals surface area contributed by atoms with Crippen LogP contribution in [-0.4, -0.2) is 12.8 Å². The maximum absolute atomic E-state index is 13.4. The Bertz CT molecular complexity index is 710. The minimum Gasteiger partial charge on any atom is -0.462 e. The third-order valence-corrected chi connectivity index (χ3v) is 3.39. The molecule has 4 heteroatoms. The fourth-order valence-corrected chi connectivity index (χ4v) is 2.42. The highest BCUT2D eigenvalue weighted by atomic mass is 19.1. The van der Waals surface area contributed by atoms with E-state index in [1.807, 2.05) is 30.3 Å².